The van der Waals surface area contributed by atoms with Crippen LogP contribution in [-0.4, -0.2) is 25.2 Å². The number of benzene rings is 1. The molecule has 0 N–H and O–H groups in total. The first-order valence-corrected chi connectivity index (χ1v) is 6.21. The Labute approximate surface area is 110 Å². The van der Waals surface area contributed by atoms with Gasteiger partial charge in [-0.1, -0.05) is 0 Å². The van der Waals surface area contributed by atoms with Crippen molar-refractivity contribution in [3.8, 4) is 11.8 Å². The summed E-state index contributed by atoms with van der Waals surface area (Å²) in [5.74, 6) is 0. The molecule has 0 bridgehead atoms. The first kappa shape index (κ1) is 12.0. The van der Waals surface area contributed by atoms with Gasteiger partial charge in [0.1, 0.15) is 12.4 Å². The first-order chi connectivity index (χ1) is 8.17. The van der Waals surface area contributed by atoms with E-state index in [9.17, 15) is 0 Å². The van der Waals surface area contributed by atoms with Crippen molar-refractivity contribution in [1.82, 2.24) is 9.55 Å². The maximum atomic E-state index is 8.77. The summed E-state index contributed by atoms with van der Waals surface area (Å²) in [6.07, 6.45) is 0.894. The number of imidazole rings is 1. The molecule has 3 nitrogen and oxygen atoms in total. The molecule has 0 saturated carbocycles. The highest BCUT2D eigenvalue weighted by atomic mass is 79.9. The lowest BCUT2D eigenvalue weighted by molar-refractivity contribution is 1.07. The molecule has 0 unspecified atom stereocenters. The average Bonchev–Trinajstić information content (AvgIpc) is 2.64. The van der Waals surface area contributed by atoms with E-state index >= 15 is 0 Å². The van der Waals surface area contributed by atoms with Crippen molar-refractivity contribution in [3.63, 3.8) is 0 Å². The molecule has 2 rings (SSSR count). The minimum atomic E-state index is 0.665. The monoisotopic (exact) mass is 285 g/mol. The van der Waals surface area contributed by atoms with Crippen LogP contribution in [0.2, 0.25) is 0 Å². The zero-order valence-corrected chi connectivity index (χ0v) is 11.3. The van der Waals surface area contributed by atoms with Gasteiger partial charge < -0.3 is 0 Å². The van der Waals surface area contributed by atoms with Crippen LogP contribution in [0.4, 0.5) is 0 Å². The summed E-state index contributed by atoms with van der Waals surface area (Å²) in [5.41, 5.74) is 3.67. The zero-order chi connectivity index (χ0) is 12.4. The van der Waals surface area contributed by atoms with Gasteiger partial charge in [-0.25, -0.2) is 4.98 Å². The van der Waals surface area contributed by atoms with E-state index in [1.165, 1.54) is 0 Å². The van der Waals surface area contributed by atoms with Gasteiger partial charge in [-0.3, -0.25) is 4.57 Å². The average molecular weight is 286 g/mol. The Hall–Kier alpha value is -1.47. The van der Waals surface area contributed by atoms with Crippen LogP contribution in [0.5, 0.6) is 0 Å². The number of aromatic nitrogens is 2. The van der Waals surface area contributed by atoms with E-state index in [-0.39, 0.29) is 0 Å². The van der Waals surface area contributed by atoms with E-state index in [1.807, 2.05) is 36.7 Å². The van der Waals surface area contributed by atoms with E-state index in [0.29, 0.717) is 5.56 Å². The number of hydrogen-bond acceptors (Lipinski definition) is 2. The van der Waals surface area contributed by atoms with Gasteiger partial charge in [-0.05, 0) is 46.5 Å². The third-order valence-electron chi connectivity index (χ3n) is 2.64. The molecule has 2 aromatic rings. The van der Waals surface area contributed by atoms with E-state index < -0.39 is 0 Å². The molecular formula is C11H10B2BrN3. The molecule has 0 amide bonds. The molecule has 0 saturated heterocycles. The van der Waals surface area contributed by atoms with Crippen molar-refractivity contribution in [2.45, 2.75) is 6.32 Å². The van der Waals surface area contributed by atoms with Crippen molar-refractivity contribution in [2.24, 2.45) is 0 Å². The lowest BCUT2D eigenvalue weighted by Gasteiger charge is -2.07. The van der Waals surface area contributed by atoms with E-state index in [4.69, 9.17) is 5.26 Å². The molecule has 0 radical (unpaired) electrons. The third-order valence-corrected chi connectivity index (χ3v) is 3.46. The van der Waals surface area contributed by atoms with Gasteiger partial charge in [-0.15, -0.1) is 0 Å². The quantitative estimate of drug-likeness (QED) is 0.723. The fraction of sp³-hybridized carbons (Fsp3) is 0.0909. The maximum absolute atomic E-state index is 8.77. The Morgan fingerprint density at radius 2 is 2.00 bits per heavy atom. The molecule has 0 fully saturated rings. The van der Waals surface area contributed by atoms with Crippen LogP contribution in [0.1, 0.15) is 11.3 Å². The molecule has 1 heterocycles. The standard InChI is InChI=1S/C11H10B2BrN3/c12-5-9-10(14)17(11(13)16-9)8-3-1-7(6-15)2-4-8/h1-4H,5,12-13H2. The molecule has 82 valence electrons. The van der Waals surface area contributed by atoms with Gasteiger partial charge in [0.25, 0.3) is 0 Å². The summed E-state index contributed by atoms with van der Waals surface area (Å²) in [5, 5.41) is 8.77. The van der Waals surface area contributed by atoms with Crippen molar-refractivity contribution in [3.05, 3.63) is 40.1 Å². The van der Waals surface area contributed by atoms with Crippen molar-refractivity contribution < 1.29 is 0 Å². The second kappa shape index (κ2) is 4.80. The molecule has 0 aliphatic heterocycles. The second-order valence-corrected chi connectivity index (χ2v) is 4.50. The van der Waals surface area contributed by atoms with Gasteiger partial charge in [0.2, 0.25) is 0 Å². The lowest BCUT2D eigenvalue weighted by atomic mass is 10.0. The lowest BCUT2D eigenvalue weighted by Crippen LogP contribution is -2.17. The van der Waals surface area contributed by atoms with Crippen LogP contribution in [0.25, 0.3) is 5.69 Å². The molecule has 0 aliphatic rings. The predicted octanol–water partition coefficient (Wildman–Crippen LogP) is -0.102. The summed E-state index contributed by atoms with van der Waals surface area (Å²) in [6, 6.07) is 9.60. The highest BCUT2D eigenvalue weighted by molar-refractivity contribution is 9.10. The number of rotatable bonds is 2. The van der Waals surface area contributed by atoms with Gasteiger partial charge >= 0.3 is 0 Å². The summed E-state index contributed by atoms with van der Waals surface area (Å²) in [6.45, 7) is 0. The van der Waals surface area contributed by atoms with Crippen LogP contribution >= 0.6 is 15.9 Å². The fourth-order valence-corrected chi connectivity index (χ4v) is 2.60. The molecule has 6 heteroatoms. The molecule has 0 aliphatic carbocycles. The van der Waals surface area contributed by atoms with Crippen LogP contribution in [0, 0.1) is 11.3 Å². The third kappa shape index (κ3) is 2.16. The summed E-state index contributed by atoms with van der Waals surface area (Å²) >= 11 is 3.57. The number of nitriles is 1. The fourth-order valence-electron chi connectivity index (χ4n) is 1.77. The van der Waals surface area contributed by atoms with Crippen LogP contribution in [-0.2, 0) is 6.32 Å². The van der Waals surface area contributed by atoms with Crippen LogP contribution in [0.3, 0.4) is 0 Å². The maximum Gasteiger partial charge on any atom is 0.187 e. The van der Waals surface area contributed by atoms with Crippen molar-refractivity contribution in [1.29, 1.82) is 5.26 Å². The number of nitrogens with zero attached hydrogens (tertiary/aromatic N) is 3. The SMILES string of the molecule is BCc1nc(B)n(-c2ccc(C#N)cc2)c1Br. The second-order valence-electron chi connectivity index (χ2n) is 3.74. The highest BCUT2D eigenvalue weighted by Gasteiger charge is 2.11. The normalized spacial score (nSPS) is 10.1. The summed E-state index contributed by atoms with van der Waals surface area (Å²) in [7, 11) is 4.05. The largest absolute Gasteiger partial charge is 0.300 e. The minimum Gasteiger partial charge on any atom is -0.300 e. The highest BCUT2D eigenvalue weighted by Crippen LogP contribution is 2.19. The first-order valence-electron chi connectivity index (χ1n) is 5.41. The van der Waals surface area contributed by atoms with E-state index in [0.717, 1.165) is 28.0 Å². The Morgan fingerprint density at radius 3 is 2.47 bits per heavy atom. The van der Waals surface area contributed by atoms with Gasteiger partial charge in [0.05, 0.1) is 23.1 Å². The molecule has 1 aromatic heterocycles. The summed E-state index contributed by atoms with van der Waals surface area (Å²) < 4.78 is 3.03. The van der Waals surface area contributed by atoms with Gasteiger partial charge in [0.15, 0.2) is 7.85 Å². The molecule has 0 spiro atoms. The molecule has 0 atom stereocenters. The Kier molecular flexibility index (Phi) is 3.39. The predicted molar refractivity (Wildman–Crippen MR) is 76.4 cm³/mol. The smallest absolute Gasteiger partial charge is 0.187 e. The number of halogens is 1. The molecule has 17 heavy (non-hydrogen) atoms. The Morgan fingerprint density at radius 1 is 1.35 bits per heavy atom. The van der Waals surface area contributed by atoms with E-state index in [2.05, 4.69) is 34.8 Å². The molecular weight excluding hydrogens is 276 g/mol. The molecule has 1 aromatic carbocycles. The van der Waals surface area contributed by atoms with Crippen LogP contribution in [0.15, 0.2) is 28.9 Å². The van der Waals surface area contributed by atoms with Gasteiger partial charge in [0, 0.05) is 5.69 Å². The summed E-state index contributed by atoms with van der Waals surface area (Å²) in [4.78, 5) is 4.50. The minimum absolute atomic E-state index is 0.665. The van der Waals surface area contributed by atoms with Crippen LogP contribution < -0.4 is 5.72 Å². The zero-order valence-electron chi connectivity index (χ0n) is 9.74. The van der Waals surface area contributed by atoms with Crippen molar-refractivity contribution >= 4 is 37.3 Å². The Bertz CT molecular complexity index is 584. The topological polar surface area (TPSA) is 41.6 Å². The van der Waals surface area contributed by atoms with Gasteiger partial charge in [-0.2, -0.15) is 5.26 Å². The van der Waals surface area contributed by atoms with E-state index in [1.54, 1.807) is 0 Å². The number of hydrogen-bond donors (Lipinski definition) is 0. The Balaban J connectivity index is 2.53. The van der Waals surface area contributed by atoms with Crippen molar-refractivity contribution in [2.75, 3.05) is 0 Å².